The van der Waals surface area contributed by atoms with Gasteiger partial charge in [0.1, 0.15) is 5.75 Å². The molecule has 2 aromatic carbocycles. The van der Waals surface area contributed by atoms with Gasteiger partial charge >= 0.3 is 0 Å². The molecule has 138 valence electrons. The van der Waals surface area contributed by atoms with Crippen molar-refractivity contribution in [3.63, 3.8) is 0 Å². The SMILES string of the molecule is COc1ccc(S(=O)(=O)N(C)CC(=O)N2CCc3ccccc3C2)cc1. The van der Waals surface area contributed by atoms with E-state index in [1.54, 1.807) is 17.0 Å². The number of benzene rings is 2. The van der Waals surface area contributed by atoms with E-state index in [4.69, 9.17) is 4.74 Å². The number of hydrogen-bond donors (Lipinski definition) is 0. The van der Waals surface area contributed by atoms with Gasteiger partial charge in [-0.1, -0.05) is 24.3 Å². The van der Waals surface area contributed by atoms with Crippen molar-refractivity contribution in [3.05, 3.63) is 59.7 Å². The Balaban J connectivity index is 1.68. The smallest absolute Gasteiger partial charge is 0.243 e. The number of hydrogen-bond acceptors (Lipinski definition) is 4. The number of likely N-dealkylation sites (N-methyl/N-ethyl adjacent to an activating group) is 1. The van der Waals surface area contributed by atoms with Gasteiger partial charge in [0, 0.05) is 20.1 Å². The Morgan fingerprint density at radius 1 is 1.12 bits per heavy atom. The molecule has 0 radical (unpaired) electrons. The number of methoxy groups -OCH3 is 1. The monoisotopic (exact) mass is 374 g/mol. The van der Waals surface area contributed by atoms with Crippen LogP contribution in [0, 0.1) is 0 Å². The number of ether oxygens (including phenoxy) is 1. The highest BCUT2D eigenvalue weighted by Crippen LogP contribution is 2.21. The Morgan fingerprint density at radius 2 is 1.77 bits per heavy atom. The maximum absolute atomic E-state index is 12.7. The van der Waals surface area contributed by atoms with Crippen molar-refractivity contribution >= 4 is 15.9 Å². The molecule has 0 saturated carbocycles. The average Bonchev–Trinajstić information content (AvgIpc) is 2.67. The van der Waals surface area contributed by atoms with E-state index in [2.05, 4.69) is 6.07 Å². The Kier molecular flexibility index (Phi) is 5.29. The van der Waals surface area contributed by atoms with Crippen molar-refractivity contribution in [1.29, 1.82) is 0 Å². The molecule has 2 aromatic rings. The van der Waals surface area contributed by atoms with E-state index in [0.29, 0.717) is 18.8 Å². The third-order valence-electron chi connectivity index (χ3n) is 4.61. The van der Waals surface area contributed by atoms with Crippen LogP contribution in [0.4, 0.5) is 0 Å². The molecule has 0 N–H and O–H groups in total. The molecule has 1 aliphatic rings. The molecule has 0 spiro atoms. The fourth-order valence-electron chi connectivity index (χ4n) is 3.01. The number of sulfonamides is 1. The largest absolute Gasteiger partial charge is 0.497 e. The number of amides is 1. The number of carbonyl (C=O) groups excluding carboxylic acids is 1. The fraction of sp³-hybridized carbons (Fsp3) is 0.316. The van der Waals surface area contributed by atoms with Gasteiger partial charge in [-0.15, -0.1) is 0 Å². The van der Waals surface area contributed by atoms with Gasteiger partial charge in [-0.3, -0.25) is 4.79 Å². The molecule has 1 aliphatic heterocycles. The summed E-state index contributed by atoms with van der Waals surface area (Å²) in [6.45, 7) is 0.939. The van der Waals surface area contributed by atoms with E-state index in [-0.39, 0.29) is 17.3 Å². The summed E-state index contributed by atoms with van der Waals surface area (Å²) in [4.78, 5) is 14.4. The molecule has 0 fully saturated rings. The number of rotatable bonds is 5. The molecule has 7 heteroatoms. The van der Waals surface area contributed by atoms with Crippen LogP contribution in [-0.2, 0) is 27.8 Å². The Morgan fingerprint density at radius 3 is 2.42 bits per heavy atom. The van der Waals surface area contributed by atoms with Gasteiger partial charge in [0.2, 0.25) is 15.9 Å². The first-order valence-corrected chi connectivity index (χ1v) is 9.81. The van der Waals surface area contributed by atoms with Crippen molar-refractivity contribution in [3.8, 4) is 5.75 Å². The summed E-state index contributed by atoms with van der Waals surface area (Å²) in [6.07, 6.45) is 0.789. The molecular formula is C19H22N2O4S. The van der Waals surface area contributed by atoms with E-state index in [1.165, 1.54) is 31.9 Å². The van der Waals surface area contributed by atoms with Crippen molar-refractivity contribution in [2.45, 2.75) is 17.9 Å². The van der Waals surface area contributed by atoms with Crippen LogP contribution in [0.15, 0.2) is 53.4 Å². The van der Waals surface area contributed by atoms with Gasteiger partial charge in [-0.25, -0.2) is 8.42 Å². The van der Waals surface area contributed by atoms with Gasteiger partial charge in [-0.05, 0) is 41.8 Å². The van der Waals surface area contributed by atoms with Crippen molar-refractivity contribution in [2.75, 3.05) is 27.2 Å². The Hall–Kier alpha value is -2.38. The standard InChI is InChI=1S/C19H22N2O4S/c1-20(26(23,24)18-9-7-17(25-2)8-10-18)14-19(22)21-12-11-15-5-3-4-6-16(15)13-21/h3-10H,11-14H2,1-2H3. The van der Waals surface area contributed by atoms with Crippen LogP contribution in [0.1, 0.15) is 11.1 Å². The quantitative estimate of drug-likeness (QED) is 0.802. The lowest BCUT2D eigenvalue weighted by atomic mass is 10.00. The number of fused-ring (bicyclic) bond motifs is 1. The zero-order valence-corrected chi connectivity index (χ0v) is 15.7. The Labute approximate surface area is 154 Å². The molecule has 0 aromatic heterocycles. The van der Waals surface area contributed by atoms with Crippen LogP contribution in [0.5, 0.6) is 5.75 Å². The van der Waals surface area contributed by atoms with Crippen LogP contribution >= 0.6 is 0 Å². The molecule has 0 unspecified atom stereocenters. The lowest BCUT2D eigenvalue weighted by Gasteiger charge is -2.30. The third kappa shape index (κ3) is 3.73. The highest BCUT2D eigenvalue weighted by molar-refractivity contribution is 7.89. The number of carbonyl (C=O) groups is 1. The zero-order valence-electron chi connectivity index (χ0n) is 14.9. The van der Waals surface area contributed by atoms with E-state index in [9.17, 15) is 13.2 Å². The van der Waals surface area contributed by atoms with Crippen LogP contribution in [0.3, 0.4) is 0 Å². The summed E-state index contributed by atoms with van der Waals surface area (Å²) in [5, 5.41) is 0. The predicted molar refractivity (Wildman–Crippen MR) is 98.4 cm³/mol. The van der Waals surface area contributed by atoms with E-state index in [1.807, 2.05) is 18.2 Å². The first-order chi connectivity index (χ1) is 12.4. The second kappa shape index (κ2) is 7.47. The van der Waals surface area contributed by atoms with Gasteiger partial charge in [-0.2, -0.15) is 4.31 Å². The van der Waals surface area contributed by atoms with Crippen molar-refractivity contribution in [1.82, 2.24) is 9.21 Å². The third-order valence-corrected chi connectivity index (χ3v) is 6.43. The van der Waals surface area contributed by atoms with Crippen LogP contribution in [0.25, 0.3) is 0 Å². The van der Waals surface area contributed by atoms with Crippen LogP contribution in [0.2, 0.25) is 0 Å². The minimum absolute atomic E-state index is 0.137. The molecule has 6 nitrogen and oxygen atoms in total. The Bertz CT molecular complexity index is 894. The highest BCUT2D eigenvalue weighted by atomic mass is 32.2. The first kappa shape index (κ1) is 18.4. The van der Waals surface area contributed by atoms with Crippen molar-refractivity contribution < 1.29 is 17.9 Å². The normalized spacial score (nSPS) is 14.2. The molecule has 0 saturated heterocycles. The van der Waals surface area contributed by atoms with Gasteiger partial charge < -0.3 is 9.64 Å². The molecule has 0 aliphatic carbocycles. The van der Waals surface area contributed by atoms with E-state index in [0.717, 1.165) is 16.3 Å². The lowest BCUT2D eigenvalue weighted by molar-refractivity contribution is -0.132. The van der Waals surface area contributed by atoms with Gasteiger partial charge in [0.25, 0.3) is 0 Å². The topological polar surface area (TPSA) is 66.9 Å². The molecular weight excluding hydrogens is 352 g/mol. The summed E-state index contributed by atoms with van der Waals surface area (Å²) >= 11 is 0. The first-order valence-electron chi connectivity index (χ1n) is 8.37. The molecule has 1 amide bonds. The second-order valence-corrected chi connectivity index (χ2v) is 8.32. The van der Waals surface area contributed by atoms with Gasteiger partial charge in [0.15, 0.2) is 0 Å². The summed E-state index contributed by atoms with van der Waals surface area (Å²) in [5.74, 6) is 0.383. The van der Waals surface area contributed by atoms with Crippen LogP contribution < -0.4 is 4.74 Å². The predicted octanol–water partition coefficient (Wildman–Crippen LogP) is 1.90. The second-order valence-electron chi connectivity index (χ2n) is 6.27. The molecule has 26 heavy (non-hydrogen) atoms. The summed E-state index contributed by atoms with van der Waals surface area (Å²) in [5.41, 5.74) is 2.36. The van der Waals surface area contributed by atoms with Gasteiger partial charge in [0.05, 0.1) is 18.6 Å². The maximum Gasteiger partial charge on any atom is 0.243 e. The minimum Gasteiger partial charge on any atom is -0.497 e. The van der Waals surface area contributed by atoms with E-state index < -0.39 is 10.0 Å². The summed E-state index contributed by atoms with van der Waals surface area (Å²) < 4.78 is 31.5. The molecule has 0 atom stereocenters. The highest BCUT2D eigenvalue weighted by Gasteiger charge is 2.27. The zero-order chi connectivity index (χ0) is 18.7. The fourth-order valence-corrected chi connectivity index (χ4v) is 4.13. The number of nitrogens with zero attached hydrogens (tertiary/aromatic N) is 2. The molecule has 0 bridgehead atoms. The minimum atomic E-state index is -3.73. The lowest BCUT2D eigenvalue weighted by Crippen LogP contribution is -2.43. The summed E-state index contributed by atoms with van der Waals surface area (Å²) in [6, 6.07) is 14.1. The maximum atomic E-state index is 12.7. The molecule has 1 heterocycles. The summed E-state index contributed by atoms with van der Waals surface area (Å²) in [7, 11) is -0.783. The van der Waals surface area contributed by atoms with Crippen LogP contribution in [-0.4, -0.2) is 50.8 Å². The van der Waals surface area contributed by atoms with E-state index >= 15 is 0 Å². The average molecular weight is 374 g/mol. The molecule has 3 rings (SSSR count). The van der Waals surface area contributed by atoms with Crippen molar-refractivity contribution in [2.24, 2.45) is 0 Å².